The molecule has 0 saturated heterocycles. The van der Waals surface area contributed by atoms with Crippen LogP contribution in [0.2, 0.25) is 5.02 Å². The van der Waals surface area contributed by atoms with Crippen molar-refractivity contribution in [2.45, 2.75) is 12.5 Å². The van der Waals surface area contributed by atoms with Gasteiger partial charge in [0, 0.05) is 22.8 Å². The van der Waals surface area contributed by atoms with Crippen molar-refractivity contribution < 1.29 is 18.7 Å². The van der Waals surface area contributed by atoms with E-state index < -0.39 is 12.1 Å². The van der Waals surface area contributed by atoms with E-state index >= 15 is 0 Å². The number of aromatic nitrogens is 2. The number of fused-ring (bicyclic) bond motifs is 3. The zero-order valence-electron chi connectivity index (χ0n) is 13.8. The van der Waals surface area contributed by atoms with Crippen molar-refractivity contribution in [3.63, 3.8) is 0 Å². The first kappa shape index (κ1) is 16.6. The molecule has 1 aromatic heterocycles. The smallest absolute Gasteiger partial charge is 0.309 e. The van der Waals surface area contributed by atoms with Crippen LogP contribution in [0.5, 0.6) is 5.75 Å². The van der Waals surface area contributed by atoms with Gasteiger partial charge in [0.25, 0.3) is 0 Å². The number of halogens is 2. The minimum Gasteiger partial charge on any atom is -0.480 e. The van der Waals surface area contributed by atoms with Crippen LogP contribution in [0.15, 0.2) is 48.7 Å². The fraction of sp³-hybridized carbons (Fsp3) is 0.158. The highest BCUT2D eigenvalue weighted by molar-refractivity contribution is 6.30. The van der Waals surface area contributed by atoms with Crippen LogP contribution >= 0.6 is 11.6 Å². The number of hydrogen-bond donors (Lipinski definition) is 0. The monoisotopic (exact) mass is 372 g/mol. The van der Waals surface area contributed by atoms with E-state index in [9.17, 15) is 9.18 Å². The van der Waals surface area contributed by atoms with E-state index in [1.165, 1.54) is 19.2 Å². The molecule has 0 N–H and O–H groups in total. The van der Waals surface area contributed by atoms with E-state index in [0.29, 0.717) is 28.0 Å². The first-order chi connectivity index (χ1) is 12.5. The molecule has 0 fully saturated rings. The minimum atomic E-state index is -0.624. The number of nitrogens with zero attached hydrogens (tertiary/aromatic N) is 2. The van der Waals surface area contributed by atoms with E-state index in [2.05, 4.69) is 4.98 Å². The molecule has 0 amide bonds. The van der Waals surface area contributed by atoms with Crippen LogP contribution in [0.4, 0.5) is 4.39 Å². The minimum absolute atomic E-state index is 0.00435. The molecule has 1 aliphatic rings. The van der Waals surface area contributed by atoms with Crippen molar-refractivity contribution in [1.29, 1.82) is 0 Å². The van der Waals surface area contributed by atoms with Crippen molar-refractivity contribution in [2.24, 2.45) is 0 Å². The van der Waals surface area contributed by atoms with Gasteiger partial charge in [-0.1, -0.05) is 23.7 Å². The number of benzene rings is 2. The van der Waals surface area contributed by atoms with Gasteiger partial charge >= 0.3 is 5.97 Å². The van der Waals surface area contributed by atoms with Gasteiger partial charge in [-0.3, -0.25) is 9.36 Å². The van der Waals surface area contributed by atoms with Gasteiger partial charge in [-0.2, -0.15) is 0 Å². The molecule has 4 rings (SSSR count). The van der Waals surface area contributed by atoms with Crippen molar-refractivity contribution in [2.75, 3.05) is 7.11 Å². The molecule has 0 bridgehead atoms. The second kappa shape index (κ2) is 6.46. The number of hydrogen-bond acceptors (Lipinski definition) is 4. The highest BCUT2D eigenvalue weighted by atomic mass is 35.5. The van der Waals surface area contributed by atoms with Gasteiger partial charge in [-0.05, 0) is 24.3 Å². The zero-order chi connectivity index (χ0) is 18.3. The molecule has 2 aromatic carbocycles. The molecule has 2 heterocycles. The summed E-state index contributed by atoms with van der Waals surface area (Å²) in [4.78, 5) is 16.4. The van der Waals surface area contributed by atoms with Crippen LogP contribution in [-0.4, -0.2) is 22.6 Å². The van der Waals surface area contributed by atoms with Crippen LogP contribution in [0, 0.1) is 5.82 Å². The lowest BCUT2D eigenvalue weighted by atomic mass is 10.1. The number of esters is 1. The summed E-state index contributed by atoms with van der Waals surface area (Å²) in [6, 6.07) is 11.5. The highest BCUT2D eigenvalue weighted by Crippen LogP contribution is 2.38. The maximum atomic E-state index is 13.7. The number of carbonyl (C=O) groups is 1. The molecular weight excluding hydrogens is 359 g/mol. The molecule has 0 aliphatic carbocycles. The SMILES string of the molecule is COC(=O)CC1Oc2ccc(F)cc2-n2cc(-c3ccc(Cl)cc3)nc21. The second-order valence-electron chi connectivity index (χ2n) is 5.86. The Balaban J connectivity index is 1.83. The molecule has 1 aliphatic heterocycles. The maximum Gasteiger partial charge on any atom is 0.309 e. The average molecular weight is 373 g/mol. The Morgan fingerprint density at radius 1 is 1.31 bits per heavy atom. The molecule has 7 heteroatoms. The molecule has 0 spiro atoms. The number of carbonyl (C=O) groups excluding carboxylic acids is 1. The third-order valence-corrected chi connectivity index (χ3v) is 4.44. The predicted octanol–water partition coefficient (Wildman–Crippen LogP) is 4.33. The van der Waals surface area contributed by atoms with Crippen LogP contribution in [0.1, 0.15) is 18.3 Å². The summed E-state index contributed by atoms with van der Waals surface area (Å²) >= 11 is 5.94. The quantitative estimate of drug-likeness (QED) is 0.642. The Hall–Kier alpha value is -2.86. The summed E-state index contributed by atoms with van der Waals surface area (Å²) in [7, 11) is 1.32. The molecule has 1 unspecified atom stereocenters. The van der Waals surface area contributed by atoms with Crippen molar-refractivity contribution in [3.8, 4) is 22.7 Å². The first-order valence-corrected chi connectivity index (χ1v) is 8.31. The van der Waals surface area contributed by atoms with Gasteiger partial charge in [0.05, 0.1) is 24.9 Å². The normalized spacial score (nSPS) is 15.0. The van der Waals surface area contributed by atoms with Gasteiger partial charge < -0.3 is 9.47 Å². The van der Waals surface area contributed by atoms with Crippen LogP contribution < -0.4 is 4.74 Å². The van der Waals surface area contributed by atoms with E-state index in [4.69, 9.17) is 21.1 Å². The van der Waals surface area contributed by atoms with Gasteiger partial charge in [-0.15, -0.1) is 0 Å². The summed E-state index contributed by atoms with van der Waals surface area (Å²) < 4.78 is 26.1. The van der Waals surface area contributed by atoms with Crippen molar-refractivity contribution >= 4 is 17.6 Å². The van der Waals surface area contributed by atoms with Crippen LogP contribution in [0.25, 0.3) is 16.9 Å². The average Bonchev–Trinajstić information content (AvgIpc) is 3.08. The Morgan fingerprint density at radius 3 is 2.81 bits per heavy atom. The summed E-state index contributed by atoms with van der Waals surface area (Å²) in [6.45, 7) is 0. The van der Waals surface area contributed by atoms with Crippen LogP contribution in [-0.2, 0) is 9.53 Å². The summed E-state index contributed by atoms with van der Waals surface area (Å²) in [6.07, 6.45) is 1.18. The van der Waals surface area contributed by atoms with Gasteiger partial charge in [-0.25, -0.2) is 9.37 Å². The maximum absolute atomic E-state index is 13.7. The number of rotatable bonds is 3. The standard InChI is InChI=1S/C19H14ClFN2O3/c1-25-18(24)9-17-19-22-14(11-2-4-12(20)5-3-11)10-23(19)15-8-13(21)6-7-16(15)26-17/h2-8,10,17H,9H2,1H3. The third kappa shape index (κ3) is 2.93. The Labute approximate surface area is 153 Å². The van der Waals surface area contributed by atoms with Crippen molar-refractivity contribution in [1.82, 2.24) is 9.55 Å². The molecule has 5 nitrogen and oxygen atoms in total. The Morgan fingerprint density at radius 2 is 2.08 bits per heavy atom. The summed E-state index contributed by atoms with van der Waals surface area (Å²) in [5, 5.41) is 0.622. The first-order valence-electron chi connectivity index (χ1n) is 7.94. The van der Waals surface area contributed by atoms with Crippen LogP contribution in [0.3, 0.4) is 0 Å². The fourth-order valence-corrected chi connectivity index (χ4v) is 3.05. The highest BCUT2D eigenvalue weighted by Gasteiger charge is 2.31. The fourth-order valence-electron chi connectivity index (χ4n) is 2.93. The van der Waals surface area contributed by atoms with Gasteiger partial charge in [0.2, 0.25) is 0 Å². The topological polar surface area (TPSA) is 53.4 Å². The third-order valence-electron chi connectivity index (χ3n) is 4.19. The molecule has 0 saturated carbocycles. The van der Waals surface area contributed by atoms with E-state index in [1.54, 1.807) is 29.0 Å². The molecular formula is C19H14ClFN2O3. The van der Waals surface area contributed by atoms with Gasteiger partial charge in [0.15, 0.2) is 11.9 Å². The molecule has 0 radical (unpaired) electrons. The number of ether oxygens (including phenoxy) is 2. The zero-order valence-corrected chi connectivity index (χ0v) is 14.5. The molecule has 26 heavy (non-hydrogen) atoms. The molecule has 3 aromatic rings. The summed E-state index contributed by atoms with van der Waals surface area (Å²) in [5.41, 5.74) is 2.06. The van der Waals surface area contributed by atoms with E-state index in [1.807, 2.05) is 12.1 Å². The lowest BCUT2D eigenvalue weighted by Gasteiger charge is -2.26. The van der Waals surface area contributed by atoms with Gasteiger partial charge in [0.1, 0.15) is 11.6 Å². The predicted molar refractivity (Wildman–Crippen MR) is 94.0 cm³/mol. The lowest BCUT2D eigenvalue weighted by molar-refractivity contribution is -0.142. The number of methoxy groups -OCH3 is 1. The molecule has 132 valence electrons. The molecule has 1 atom stereocenters. The Bertz CT molecular complexity index is 985. The van der Waals surface area contributed by atoms with E-state index in [-0.39, 0.29) is 12.2 Å². The summed E-state index contributed by atoms with van der Waals surface area (Å²) in [5.74, 6) is 0.195. The largest absolute Gasteiger partial charge is 0.480 e. The van der Waals surface area contributed by atoms with E-state index in [0.717, 1.165) is 5.56 Å². The number of imidazole rings is 1. The van der Waals surface area contributed by atoms with Crippen molar-refractivity contribution in [3.05, 3.63) is 65.3 Å². The Kier molecular flexibility index (Phi) is 4.12. The second-order valence-corrected chi connectivity index (χ2v) is 6.30. The lowest BCUT2D eigenvalue weighted by Crippen LogP contribution is -2.22.